The first-order valence-electron chi connectivity index (χ1n) is 6.53. The number of nitrogens with one attached hydrogen (secondary N) is 1. The lowest BCUT2D eigenvalue weighted by Gasteiger charge is -2.16. The first-order valence-corrected chi connectivity index (χ1v) is 7.41. The molecule has 0 bridgehead atoms. The summed E-state index contributed by atoms with van der Waals surface area (Å²) in [5, 5.41) is 13.9. The van der Waals surface area contributed by atoms with Gasteiger partial charge in [-0.15, -0.1) is 11.3 Å². The normalized spacial score (nSPS) is 29.6. The van der Waals surface area contributed by atoms with Gasteiger partial charge in [-0.25, -0.2) is 9.78 Å². The van der Waals surface area contributed by atoms with Crippen molar-refractivity contribution in [1.29, 1.82) is 0 Å². The highest BCUT2D eigenvalue weighted by atomic mass is 32.1. The Balaban J connectivity index is 1.58. The number of hydrogen-bond acceptors (Lipinski definition) is 4. The topological polar surface area (TPSA) is 79.3 Å². The summed E-state index contributed by atoms with van der Waals surface area (Å²) in [6.45, 7) is 1.85. The average molecular weight is 280 g/mol. The lowest BCUT2D eigenvalue weighted by Crippen LogP contribution is -2.32. The van der Waals surface area contributed by atoms with Crippen LogP contribution in [0.25, 0.3) is 0 Å². The van der Waals surface area contributed by atoms with Crippen LogP contribution in [0.3, 0.4) is 0 Å². The molecule has 1 amide bonds. The molecular formula is C13H16N2O3S. The maximum atomic E-state index is 12.1. The molecule has 3 unspecified atom stereocenters. The number of carbonyl (C=O) groups excluding carboxylic acids is 1. The van der Waals surface area contributed by atoms with Gasteiger partial charge in [0.1, 0.15) is 5.01 Å². The maximum absolute atomic E-state index is 12.1. The Morgan fingerprint density at radius 2 is 2.11 bits per heavy atom. The van der Waals surface area contributed by atoms with E-state index in [0.29, 0.717) is 5.01 Å². The third kappa shape index (κ3) is 2.49. The SMILES string of the molecule is CC(NC(=O)C1CC2CC2C1)c1nc(C(=O)O)cs1. The molecule has 2 fully saturated rings. The molecule has 2 aliphatic carbocycles. The van der Waals surface area contributed by atoms with Crippen molar-refractivity contribution in [1.82, 2.24) is 10.3 Å². The molecule has 2 aliphatic rings. The number of carboxylic acid groups (broad SMARTS) is 1. The second-order valence-corrected chi connectivity index (χ2v) is 6.42. The van der Waals surface area contributed by atoms with Gasteiger partial charge in [0.15, 0.2) is 5.69 Å². The lowest BCUT2D eigenvalue weighted by molar-refractivity contribution is -0.125. The molecule has 1 aromatic heterocycles. The van der Waals surface area contributed by atoms with Crippen LogP contribution in [0.15, 0.2) is 5.38 Å². The van der Waals surface area contributed by atoms with E-state index in [9.17, 15) is 9.59 Å². The Morgan fingerprint density at radius 3 is 2.68 bits per heavy atom. The van der Waals surface area contributed by atoms with E-state index in [0.717, 1.165) is 24.7 Å². The molecule has 2 N–H and O–H groups in total. The van der Waals surface area contributed by atoms with Crippen LogP contribution in [0.2, 0.25) is 0 Å². The predicted octanol–water partition coefficient (Wildman–Crippen LogP) is 2.06. The molecule has 6 heteroatoms. The summed E-state index contributed by atoms with van der Waals surface area (Å²) in [7, 11) is 0. The Labute approximate surface area is 115 Å². The fourth-order valence-electron chi connectivity index (χ4n) is 2.91. The number of hydrogen-bond donors (Lipinski definition) is 2. The van der Waals surface area contributed by atoms with Crippen LogP contribution in [0.4, 0.5) is 0 Å². The average Bonchev–Trinajstić information content (AvgIpc) is 2.84. The molecule has 3 rings (SSSR count). The van der Waals surface area contributed by atoms with Gasteiger partial charge < -0.3 is 10.4 Å². The molecule has 0 aliphatic heterocycles. The van der Waals surface area contributed by atoms with Crippen LogP contribution in [0.5, 0.6) is 0 Å². The van der Waals surface area contributed by atoms with E-state index in [1.807, 2.05) is 6.92 Å². The van der Waals surface area contributed by atoms with Gasteiger partial charge in [0.05, 0.1) is 6.04 Å². The molecule has 102 valence electrons. The summed E-state index contributed by atoms with van der Waals surface area (Å²) in [4.78, 5) is 26.9. The second-order valence-electron chi connectivity index (χ2n) is 5.53. The van der Waals surface area contributed by atoms with Gasteiger partial charge in [-0.3, -0.25) is 4.79 Å². The largest absolute Gasteiger partial charge is 0.476 e. The number of aromatic nitrogens is 1. The number of nitrogens with zero attached hydrogens (tertiary/aromatic N) is 1. The molecule has 5 nitrogen and oxygen atoms in total. The van der Waals surface area contributed by atoms with Crippen molar-refractivity contribution in [3.8, 4) is 0 Å². The van der Waals surface area contributed by atoms with E-state index in [2.05, 4.69) is 10.3 Å². The second kappa shape index (κ2) is 4.59. The van der Waals surface area contributed by atoms with Crippen LogP contribution in [0.1, 0.15) is 47.7 Å². The molecule has 3 atom stereocenters. The van der Waals surface area contributed by atoms with E-state index in [4.69, 9.17) is 5.11 Å². The Kier molecular flexibility index (Phi) is 3.05. The summed E-state index contributed by atoms with van der Waals surface area (Å²) in [5.74, 6) is 0.767. The van der Waals surface area contributed by atoms with Gasteiger partial charge in [0.25, 0.3) is 0 Å². The summed E-state index contributed by atoms with van der Waals surface area (Å²) in [5.41, 5.74) is 0.0446. The number of amides is 1. The van der Waals surface area contributed by atoms with Crippen LogP contribution in [0, 0.1) is 17.8 Å². The molecule has 0 aromatic carbocycles. The number of fused-ring (bicyclic) bond motifs is 1. The number of carbonyl (C=O) groups is 2. The lowest BCUT2D eigenvalue weighted by atomic mass is 10.0. The predicted molar refractivity (Wildman–Crippen MR) is 70.0 cm³/mol. The van der Waals surface area contributed by atoms with Gasteiger partial charge in [-0.1, -0.05) is 0 Å². The third-order valence-corrected chi connectivity index (χ3v) is 5.11. The standard InChI is InChI=1S/C13H16N2O3S/c1-6(12-15-10(5-19-12)13(17)18)14-11(16)9-3-7-2-8(7)4-9/h5-9H,2-4H2,1H3,(H,14,16)(H,17,18). The Bertz CT molecular complexity index is 518. The molecular weight excluding hydrogens is 264 g/mol. The van der Waals surface area contributed by atoms with E-state index in [1.54, 1.807) is 0 Å². The van der Waals surface area contributed by atoms with Gasteiger partial charge in [0.2, 0.25) is 5.91 Å². The quantitative estimate of drug-likeness (QED) is 0.884. The van der Waals surface area contributed by atoms with E-state index >= 15 is 0 Å². The minimum absolute atomic E-state index is 0.0446. The highest BCUT2D eigenvalue weighted by Crippen LogP contribution is 2.54. The van der Waals surface area contributed by atoms with Crippen LogP contribution in [-0.4, -0.2) is 22.0 Å². The number of carboxylic acids is 1. The fourth-order valence-corrected chi connectivity index (χ4v) is 3.71. The highest BCUT2D eigenvalue weighted by Gasteiger charge is 2.48. The van der Waals surface area contributed by atoms with Crippen LogP contribution < -0.4 is 5.32 Å². The monoisotopic (exact) mass is 280 g/mol. The number of rotatable bonds is 4. The Morgan fingerprint density at radius 1 is 1.42 bits per heavy atom. The molecule has 2 saturated carbocycles. The zero-order valence-electron chi connectivity index (χ0n) is 10.6. The van der Waals surface area contributed by atoms with E-state index in [1.165, 1.54) is 23.1 Å². The zero-order valence-corrected chi connectivity index (χ0v) is 11.4. The molecule has 0 spiro atoms. The third-order valence-electron chi connectivity index (χ3n) is 4.08. The van der Waals surface area contributed by atoms with Gasteiger partial charge in [-0.2, -0.15) is 0 Å². The van der Waals surface area contributed by atoms with Crippen molar-refractivity contribution in [2.24, 2.45) is 17.8 Å². The van der Waals surface area contributed by atoms with Crippen molar-refractivity contribution < 1.29 is 14.7 Å². The summed E-state index contributed by atoms with van der Waals surface area (Å²) in [6.07, 6.45) is 3.33. The smallest absolute Gasteiger partial charge is 0.355 e. The van der Waals surface area contributed by atoms with Crippen molar-refractivity contribution in [2.45, 2.75) is 32.2 Å². The summed E-state index contributed by atoms with van der Waals surface area (Å²) in [6, 6.07) is -0.220. The first-order chi connectivity index (χ1) is 9.04. The molecule has 0 saturated heterocycles. The molecule has 0 radical (unpaired) electrons. The van der Waals surface area contributed by atoms with Gasteiger partial charge in [0, 0.05) is 11.3 Å². The number of thiazole rings is 1. The van der Waals surface area contributed by atoms with E-state index in [-0.39, 0.29) is 23.6 Å². The zero-order chi connectivity index (χ0) is 13.6. The number of aromatic carboxylic acids is 1. The minimum atomic E-state index is -1.03. The van der Waals surface area contributed by atoms with Gasteiger partial charge in [-0.05, 0) is 38.0 Å². The van der Waals surface area contributed by atoms with Crippen molar-refractivity contribution in [3.05, 3.63) is 16.1 Å². The van der Waals surface area contributed by atoms with Crippen molar-refractivity contribution >= 4 is 23.2 Å². The molecule has 1 heterocycles. The van der Waals surface area contributed by atoms with E-state index < -0.39 is 5.97 Å². The van der Waals surface area contributed by atoms with Crippen molar-refractivity contribution in [2.75, 3.05) is 0 Å². The summed E-state index contributed by atoms with van der Waals surface area (Å²) >= 11 is 1.27. The minimum Gasteiger partial charge on any atom is -0.476 e. The van der Waals surface area contributed by atoms with Crippen LogP contribution in [-0.2, 0) is 4.79 Å². The Hall–Kier alpha value is -1.43. The first kappa shape index (κ1) is 12.6. The summed E-state index contributed by atoms with van der Waals surface area (Å²) < 4.78 is 0. The van der Waals surface area contributed by atoms with Gasteiger partial charge >= 0.3 is 5.97 Å². The molecule has 19 heavy (non-hydrogen) atoms. The van der Waals surface area contributed by atoms with Crippen LogP contribution >= 0.6 is 11.3 Å². The fraction of sp³-hybridized carbons (Fsp3) is 0.615. The molecule has 1 aromatic rings. The van der Waals surface area contributed by atoms with Crippen molar-refractivity contribution in [3.63, 3.8) is 0 Å². The maximum Gasteiger partial charge on any atom is 0.355 e. The highest BCUT2D eigenvalue weighted by molar-refractivity contribution is 7.09.